The third-order valence-electron chi connectivity index (χ3n) is 5.51. The van der Waals surface area contributed by atoms with Crippen LogP contribution in [0.1, 0.15) is 52.5 Å². The average Bonchev–Trinajstić information content (AvgIpc) is 2.74. The van der Waals surface area contributed by atoms with Crippen molar-refractivity contribution in [1.29, 1.82) is 0 Å². The van der Waals surface area contributed by atoms with Crippen LogP contribution in [-0.2, 0) is 26.1 Å². The van der Waals surface area contributed by atoms with Crippen molar-refractivity contribution in [2.75, 3.05) is 0 Å². The van der Waals surface area contributed by atoms with Crippen molar-refractivity contribution < 1.29 is 0 Å². The molecule has 2 aromatic heterocycles. The van der Waals surface area contributed by atoms with Gasteiger partial charge in [-0.15, -0.1) is 0 Å². The maximum absolute atomic E-state index is 4.62. The Morgan fingerprint density at radius 1 is 0.893 bits per heavy atom. The van der Waals surface area contributed by atoms with E-state index in [1.54, 1.807) is 0 Å². The number of rotatable bonds is 7. The number of fused-ring (bicyclic) bond motifs is 1. The molecule has 1 unspecified atom stereocenters. The first-order valence-corrected chi connectivity index (χ1v) is 10.2. The lowest BCUT2D eigenvalue weighted by Crippen LogP contribution is -2.25. The lowest BCUT2D eigenvalue weighted by Gasteiger charge is -2.25. The van der Waals surface area contributed by atoms with E-state index in [2.05, 4.69) is 63.9 Å². The molecular formula is C24H28N4. The number of aromatic nitrogens is 2. The molecule has 1 atom stereocenters. The fourth-order valence-corrected chi connectivity index (χ4v) is 3.85. The van der Waals surface area contributed by atoms with Crippen LogP contribution in [0.3, 0.4) is 0 Å². The topological polar surface area (TPSA) is 49.8 Å². The van der Waals surface area contributed by atoms with Gasteiger partial charge in [0.1, 0.15) is 0 Å². The molecule has 4 nitrogen and oxygen atoms in total. The molecule has 1 aliphatic rings. The standard InChI is InChI=1S/C24H28N4/c1-18-5-3-13-26-23(18)17-25-15-19-9-11-20(12-10-19)16-28-22-8-2-6-21-7-4-14-27-24(21)22/h3-5,7,9-14,22,25,28H,2,6,8,15-17H2,1H3. The maximum Gasteiger partial charge on any atom is 0.0605 e. The summed E-state index contributed by atoms with van der Waals surface area (Å²) in [6, 6.07) is 17.6. The Morgan fingerprint density at radius 2 is 1.64 bits per heavy atom. The Balaban J connectivity index is 1.28. The van der Waals surface area contributed by atoms with Crippen LogP contribution in [0, 0.1) is 6.92 Å². The maximum atomic E-state index is 4.62. The van der Waals surface area contributed by atoms with Crippen LogP contribution in [-0.4, -0.2) is 9.97 Å². The van der Waals surface area contributed by atoms with Crippen molar-refractivity contribution in [1.82, 2.24) is 20.6 Å². The summed E-state index contributed by atoms with van der Waals surface area (Å²) in [7, 11) is 0. The second-order valence-corrected chi connectivity index (χ2v) is 7.56. The van der Waals surface area contributed by atoms with Crippen molar-refractivity contribution in [3.8, 4) is 0 Å². The van der Waals surface area contributed by atoms with Gasteiger partial charge >= 0.3 is 0 Å². The van der Waals surface area contributed by atoms with E-state index in [0.29, 0.717) is 6.04 Å². The Labute approximate surface area is 167 Å². The molecule has 1 aliphatic carbocycles. The molecule has 2 N–H and O–H groups in total. The van der Waals surface area contributed by atoms with E-state index in [4.69, 9.17) is 0 Å². The van der Waals surface area contributed by atoms with Gasteiger partial charge in [0.15, 0.2) is 0 Å². The van der Waals surface area contributed by atoms with E-state index >= 15 is 0 Å². The number of nitrogens with zero attached hydrogens (tertiary/aromatic N) is 2. The molecule has 2 heterocycles. The van der Waals surface area contributed by atoms with E-state index < -0.39 is 0 Å². The first-order valence-electron chi connectivity index (χ1n) is 10.2. The van der Waals surface area contributed by atoms with E-state index in [9.17, 15) is 0 Å². The highest BCUT2D eigenvalue weighted by Crippen LogP contribution is 2.27. The molecule has 0 saturated heterocycles. The van der Waals surface area contributed by atoms with E-state index in [0.717, 1.165) is 31.7 Å². The zero-order valence-corrected chi connectivity index (χ0v) is 16.5. The van der Waals surface area contributed by atoms with Crippen LogP contribution < -0.4 is 10.6 Å². The summed E-state index contributed by atoms with van der Waals surface area (Å²) in [5.74, 6) is 0. The van der Waals surface area contributed by atoms with Gasteiger partial charge in [-0.25, -0.2) is 0 Å². The SMILES string of the molecule is Cc1cccnc1CNCc1ccc(CNC2CCCc3cccnc32)cc1. The Hall–Kier alpha value is -2.56. The van der Waals surface area contributed by atoms with Crippen molar-refractivity contribution in [2.24, 2.45) is 0 Å². The van der Waals surface area contributed by atoms with E-state index in [-0.39, 0.29) is 0 Å². The van der Waals surface area contributed by atoms with Crippen molar-refractivity contribution in [3.05, 3.63) is 94.6 Å². The normalized spacial score (nSPS) is 16.0. The number of nitrogens with one attached hydrogen (secondary N) is 2. The van der Waals surface area contributed by atoms with E-state index in [1.807, 2.05) is 24.5 Å². The highest BCUT2D eigenvalue weighted by molar-refractivity contribution is 5.27. The van der Waals surface area contributed by atoms with Gasteiger partial charge in [0.05, 0.1) is 17.4 Å². The molecule has 3 aromatic rings. The van der Waals surface area contributed by atoms with Gasteiger partial charge in [0, 0.05) is 32.0 Å². The minimum Gasteiger partial charge on any atom is -0.307 e. The fraction of sp³-hybridized carbons (Fsp3) is 0.333. The molecule has 4 heteroatoms. The Morgan fingerprint density at radius 3 is 2.46 bits per heavy atom. The molecule has 4 rings (SSSR count). The predicted molar refractivity (Wildman–Crippen MR) is 113 cm³/mol. The second-order valence-electron chi connectivity index (χ2n) is 7.56. The molecule has 0 saturated carbocycles. The molecular weight excluding hydrogens is 344 g/mol. The molecule has 0 aliphatic heterocycles. The summed E-state index contributed by atoms with van der Waals surface area (Å²) >= 11 is 0. The van der Waals surface area contributed by atoms with Crippen molar-refractivity contribution in [3.63, 3.8) is 0 Å². The molecule has 0 amide bonds. The van der Waals surface area contributed by atoms with Gasteiger partial charge in [0.25, 0.3) is 0 Å². The average molecular weight is 373 g/mol. The molecule has 0 bridgehead atoms. The highest BCUT2D eigenvalue weighted by Gasteiger charge is 2.20. The van der Waals surface area contributed by atoms with Crippen LogP contribution in [0.15, 0.2) is 60.9 Å². The molecule has 0 spiro atoms. The number of benzene rings is 1. The monoisotopic (exact) mass is 372 g/mol. The van der Waals surface area contributed by atoms with Crippen molar-refractivity contribution in [2.45, 2.75) is 51.9 Å². The van der Waals surface area contributed by atoms with Gasteiger partial charge in [-0.1, -0.05) is 36.4 Å². The number of aryl methyl sites for hydroxylation is 2. The van der Waals surface area contributed by atoms with E-state index in [1.165, 1.54) is 40.8 Å². The largest absolute Gasteiger partial charge is 0.307 e. The quantitative estimate of drug-likeness (QED) is 0.651. The summed E-state index contributed by atoms with van der Waals surface area (Å²) in [5, 5.41) is 7.18. The van der Waals surface area contributed by atoms with Gasteiger partial charge < -0.3 is 10.6 Å². The lowest BCUT2D eigenvalue weighted by molar-refractivity contribution is 0.447. The van der Waals surface area contributed by atoms with Gasteiger partial charge in [-0.2, -0.15) is 0 Å². The summed E-state index contributed by atoms with van der Waals surface area (Å²) in [6.45, 7) is 4.63. The second kappa shape index (κ2) is 9.09. The highest BCUT2D eigenvalue weighted by atomic mass is 14.9. The van der Waals surface area contributed by atoms with Crippen LogP contribution >= 0.6 is 0 Å². The van der Waals surface area contributed by atoms with Gasteiger partial charge in [0.2, 0.25) is 0 Å². The molecule has 0 radical (unpaired) electrons. The third kappa shape index (κ3) is 4.64. The van der Waals surface area contributed by atoms with Crippen LogP contribution in [0.5, 0.6) is 0 Å². The van der Waals surface area contributed by atoms with Gasteiger partial charge in [-0.3, -0.25) is 9.97 Å². The lowest BCUT2D eigenvalue weighted by atomic mass is 9.92. The van der Waals surface area contributed by atoms with Crippen molar-refractivity contribution >= 4 is 0 Å². The molecule has 0 fully saturated rings. The fourth-order valence-electron chi connectivity index (χ4n) is 3.85. The smallest absolute Gasteiger partial charge is 0.0605 e. The first kappa shape index (κ1) is 18.8. The van der Waals surface area contributed by atoms with Gasteiger partial charge in [-0.05, 0) is 60.6 Å². The third-order valence-corrected chi connectivity index (χ3v) is 5.51. The predicted octanol–water partition coefficient (Wildman–Crippen LogP) is 4.24. The first-order chi connectivity index (χ1) is 13.8. The Kier molecular flexibility index (Phi) is 6.10. The molecule has 28 heavy (non-hydrogen) atoms. The summed E-state index contributed by atoms with van der Waals surface area (Å²) in [6.07, 6.45) is 7.32. The zero-order valence-electron chi connectivity index (χ0n) is 16.5. The summed E-state index contributed by atoms with van der Waals surface area (Å²) < 4.78 is 0. The minimum atomic E-state index is 0.368. The minimum absolute atomic E-state index is 0.368. The zero-order chi connectivity index (χ0) is 19.2. The van der Waals surface area contributed by atoms with Crippen LogP contribution in [0.25, 0.3) is 0 Å². The number of hydrogen-bond acceptors (Lipinski definition) is 4. The summed E-state index contributed by atoms with van der Waals surface area (Å²) in [5.41, 5.74) is 7.59. The molecule has 1 aromatic carbocycles. The summed E-state index contributed by atoms with van der Waals surface area (Å²) in [4.78, 5) is 9.05. The Bertz CT molecular complexity index is 904. The number of pyridine rings is 2. The van der Waals surface area contributed by atoms with Crippen LogP contribution in [0.4, 0.5) is 0 Å². The molecule has 144 valence electrons. The van der Waals surface area contributed by atoms with Crippen LogP contribution in [0.2, 0.25) is 0 Å². The number of hydrogen-bond donors (Lipinski definition) is 2.